The minimum atomic E-state index is -0.726. The molecule has 7 atom stereocenters. The van der Waals surface area contributed by atoms with E-state index in [0.29, 0.717) is 6.42 Å². The molecule has 5 heteroatoms. The Morgan fingerprint density at radius 2 is 1.80 bits per heavy atom. The number of ether oxygens (including phenoxy) is 3. The number of alkyl halides is 1. The van der Waals surface area contributed by atoms with Crippen LogP contribution in [0.4, 0.5) is 0 Å². The Hall–Kier alpha value is 0.320. The Labute approximate surface area is 128 Å². The van der Waals surface area contributed by atoms with Gasteiger partial charge in [0.05, 0.1) is 23.4 Å². The summed E-state index contributed by atoms with van der Waals surface area (Å²) in [4.78, 5) is 0.167. The Morgan fingerprint density at radius 3 is 2.50 bits per heavy atom. The second kappa shape index (κ2) is 3.62. The average molecular weight is 347 g/mol. The van der Waals surface area contributed by atoms with Gasteiger partial charge in [-0.25, -0.2) is 0 Å². The molecular formula is C15H23BrO4. The molecule has 0 aromatic heterocycles. The third-order valence-corrected chi connectivity index (χ3v) is 7.53. The van der Waals surface area contributed by atoms with Crippen LogP contribution in [0.5, 0.6) is 0 Å². The lowest BCUT2D eigenvalue weighted by Crippen LogP contribution is -2.71. The van der Waals surface area contributed by atoms with Crippen molar-refractivity contribution in [1.82, 2.24) is 0 Å². The normalized spacial score (nSPS) is 63.3. The molecule has 4 rings (SSSR count). The maximum atomic E-state index is 10.6. The van der Waals surface area contributed by atoms with Crippen molar-refractivity contribution in [2.45, 2.75) is 86.6 Å². The summed E-state index contributed by atoms with van der Waals surface area (Å²) in [6.07, 6.45) is 1.91. The summed E-state index contributed by atoms with van der Waals surface area (Å²) in [7, 11) is 0. The van der Waals surface area contributed by atoms with Gasteiger partial charge in [-0.15, -0.1) is 0 Å². The van der Waals surface area contributed by atoms with E-state index in [1.54, 1.807) is 0 Å². The van der Waals surface area contributed by atoms with Crippen LogP contribution in [0.1, 0.15) is 47.0 Å². The molecule has 3 heterocycles. The first-order chi connectivity index (χ1) is 9.12. The number of fused-ring (bicyclic) bond motifs is 2. The summed E-state index contributed by atoms with van der Waals surface area (Å²) in [6.45, 7) is 8.31. The Kier molecular flexibility index (Phi) is 2.52. The monoisotopic (exact) mass is 346 g/mol. The third-order valence-electron chi connectivity index (χ3n) is 6.10. The van der Waals surface area contributed by atoms with Crippen LogP contribution < -0.4 is 0 Å². The van der Waals surface area contributed by atoms with Crippen LogP contribution in [-0.2, 0) is 14.2 Å². The fourth-order valence-electron chi connectivity index (χ4n) is 4.87. The van der Waals surface area contributed by atoms with Gasteiger partial charge in [-0.1, -0.05) is 15.9 Å². The molecule has 1 aliphatic carbocycles. The maximum absolute atomic E-state index is 10.6. The highest BCUT2D eigenvalue weighted by Gasteiger charge is 2.76. The van der Waals surface area contributed by atoms with E-state index >= 15 is 0 Å². The third kappa shape index (κ3) is 1.42. The van der Waals surface area contributed by atoms with Crippen LogP contribution in [0, 0.1) is 5.92 Å². The van der Waals surface area contributed by atoms with Gasteiger partial charge in [-0.2, -0.15) is 0 Å². The van der Waals surface area contributed by atoms with Gasteiger partial charge in [0.25, 0.3) is 0 Å². The Bertz CT molecular complexity index is 469. The molecule has 20 heavy (non-hydrogen) atoms. The molecule has 3 bridgehead atoms. The molecule has 0 unspecified atom stereocenters. The van der Waals surface area contributed by atoms with Gasteiger partial charge in [0.15, 0.2) is 5.79 Å². The molecule has 0 aromatic carbocycles. The summed E-state index contributed by atoms with van der Waals surface area (Å²) in [5.41, 5.74) is -1.28. The number of aliphatic hydroxyl groups excluding tert-OH is 1. The highest BCUT2D eigenvalue weighted by molar-refractivity contribution is 9.09. The van der Waals surface area contributed by atoms with Crippen molar-refractivity contribution >= 4 is 15.9 Å². The summed E-state index contributed by atoms with van der Waals surface area (Å²) in [5, 5.41) is 10.6. The largest absolute Gasteiger partial charge is 0.393 e. The number of hydrogen-bond donors (Lipinski definition) is 1. The minimum absolute atomic E-state index is 0.0773. The lowest BCUT2D eigenvalue weighted by Gasteiger charge is -2.60. The molecule has 4 nitrogen and oxygen atoms in total. The number of hydrogen-bond acceptors (Lipinski definition) is 4. The van der Waals surface area contributed by atoms with E-state index < -0.39 is 11.4 Å². The van der Waals surface area contributed by atoms with Gasteiger partial charge in [0, 0.05) is 23.6 Å². The molecule has 3 saturated heterocycles. The van der Waals surface area contributed by atoms with Crippen LogP contribution in [-0.4, -0.2) is 44.7 Å². The molecule has 4 fully saturated rings. The average Bonchev–Trinajstić information content (AvgIpc) is 2.51. The van der Waals surface area contributed by atoms with Crippen molar-refractivity contribution in [3.8, 4) is 0 Å². The predicted octanol–water partition coefficient (Wildman–Crippen LogP) is 2.36. The smallest absolute Gasteiger partial charge is 0.199 e. The van der Waals surface area contributed by atoms with E-state index in [-0.39, 0.29) is 34.2 Å². The number of halogens is 1. The first kappa shape index (κ1) is 13.9. The van der Waals surface area contributed by atoms with Gasteiger partial charge in [0.2, 0.25) is 0 Å². The highest BCUT2D eigenvalue weighted by Crippen LogP contribution is 2.65. The van der Waals surface area contributed by atoms with Crippen molar-refractivity contribution < 1.29 is 19.3 Å². The second-order valence-corrected chi connectivity index (χ2v) is 8.98. The molecular weight excluding hydrogens is 324 g/mol. The zero-order chi connectivity index (χ0) is 14.6. The van der Waals surface area contributed by atoms with E-state index in [1.807, 2.05) is 0 Å². The molecule has 0 amide bonds. The topological polar surface area (TPSA) is 47.9 Å². The van der Waals surface area contributed by atoms with Gasteiger partial charge in [-0.05, 0) is 34.1 Å². The van der Waals surface area contributed by atoms with E-state index in [0.717, 1.165) is 12.8 Å². The van der Waals surface area contributed by atoms with E-state index in [1.165, 1.54) is 0 Å². The standard InChI is InChI=1S/C15H23BrO4/c1-12(2)10(16)7-15-14(4,19-12)8-5-11(18-15)13(3,20-15)6-9(8)17/h8-11,17H,5-7H2,1-4H3/t8-,9-,10-,11+,13-,14-,15+/m0/s1. The summed E-state index contributed by atoms with van der Waals surface area (Å²) in [5.74, 6) is -0.646. The quantitative estimate of drug-likeness (QED) is 0.684. The fraction of sp³-hybridized carbons (Fsp3) is 1.00. The van der Waals surface area contributed by atoms with Crippen molar-refractivity contribution in [1.29, 1.82) is 0 Å². The number of rotatable bonds is 0. The molecule has 1 N–H and O–H groups in total. The first-order valence-corrected chi connectivity index (χ1v) is 8.44. The highest BCUT2D eigenvalue weighted by atomic mass is 79.9. The Morgan fingerprint density at radius 1 is 1.10 bits per heavy atom. The fourth-order valence-corrected chi connectivity index (χ4v) is 5.39. The predicted molar refractivity (Wildman–Crippen MR) is 76.7 cm³/mol. The van der Waals surface area contributed by atoms with E-state index in [2.05, 4.69) is 43.6 Å². The Balaban J connectivity index is 1.85. The number of aliphatic hydroxyl groups is 1. The summed E-state index contributed by atoms with van der Waals surface area (Å²) >= 11 is 3.74. The van der Waals surface area contributed by atoms with Gasteiger partial charge < -0.3 is 19.3 Å². The van der Waals surface area contributed by atoms with Crippen LogP contribution in [0.3, 0.4) is 0 Å². The van der Waals surface area contributed by atoms with Crippen molar-refractivity contribution in [3.05, 3.63) is 0 Å². The van der Waals surface area contributed by atoms with E-state index in [4.69, 9.17) is 14.2 Å². The second-order valence-electron chi connectivity index (χ2n) is 7.87. The van der Waals surface area contributed by atoms with Gasteiger partial charge in [-0.3, -0.25) is 0 Å². The summed E-state index contributed by atoms with van der Waals surface area (Å²) in [6, 6.07) is 0. The molecule has 4 aliphatic rings. The zero-order valence-corrected chi connectivity index (χ0v) is 14.1. The lowest BCUT2D eigenvalue weighted by molar-refractivity contribution is -0.372. The van der Waals surface area contributed by atoms with Crippen molar-refractivity contribution in [3.63, 3.8) is 0 Å². The molecule has 114 valence electrons. The molecule has 0 aromatic rings. The molecule has 0 radical (unpaired) electrons. The van der Waals surface area contributed by atoms with Crippen LogP contribution in [0.25, 0.3) is 0 Å². The molecule has 3 aliphatic heterocycles. The maximum Gasteiger partial charge on any atom is 0.199 e. The van der Waals surface area contributed by atoms with Gasteiger partial charge >= 0.3 is 0 Å². The molecule has 1 saturated carbocycles. The lowest BCUT2D eigenvalue weighted by atomic mass is 9.64. The SMILES string of the molecule is CC1(C)O[C@@]2(C)[C@H]3C[C@H]4O[C@]2(C[C@@H]1Br)O[C@@]4(C)C[C@@H]3O. The van der Waals surface area contributed by atoms with Crippen molar-refractivity contribution in [2.75, 3.05) is 0 Å². The van der Waals surface area contributed by atoms with Crippen molar-refractivity contribution in [2.24, 2.45) is 5.92 Å². The van der Waals surface area contributed by atoms with Crippen LogP contribution in [0.2, 0.25) is 0 Å². The van der Waals surface area contributed by atoms with E-state index in [9.17, 15) is 5.11 Å². The zero-order valence-electron chi connectivity index (χ0n) is 12.5. The molecule has 1 spiro atoms. The minimum Gasteiger partial charge on any atom is -0.393 e. The first-order valence-electron chi connectivity index (χ1n) is 7.52. The summed E-state index contributed by atoms with van der Waals surface area (Å²) < 4.78 is 19.3. The van der Waals surface area contributed by atoms with Crippen LogP contribution in [0.15, 0.2) is 0 Å². The van der Waals surface area contributed by atoms with Gasteiger partial charge in [0.1, 0.15) is 5.60 Å². The van der Waals surface area contributed by atoms with Crippen LogP contribution >= 0.6 is 15.9 Å².